The predicted molar refractivity (Wildman–Crippen MR) is 94.7 cm³/mol. The van der Waals surface area contributed by atoms with Crippen molar-refractivity contribution in [3.05, 3.63) is 29.8 Å². The van der Waals surface area contributed by atoms with Crippen molar-refractivity contribution in [2.75, 3.05) is 26.2 Å². The average molecular weight is 303 g/mol. The van der Waals surface area contributed by atoms with E-state index in [1.165, 1.54) is 76.6 Å². The van der Waals surface area contributed by atoms with Crippen LogP contribution < -0.4 is 4.74 Å². The van der Waals surface area contributed by atoms with Gasteiger partial charge >= 0.3 is 0 Å². The molecular weight excluding hydrogens is 270 g/mol. The molecule has 0 spiro atoms. The van der Waals surface area contributed by atoms with Gasteiger partial charge in [-0.25, -0.2) is 0 Å². The Balaban J connectivity index is 1.60. The van der Waals surface area contributed by atoms with Crippen molar-refractivity contribution in [1.29, 1.82) is 0 Å². The second-order valence-corrected chi connectivity index (χ2v) is 6.56. The molecule has 2 nitrogen and oxygen atoms in total. The number of rotatable bonds is 9. The minimum atomic E-state index is 0.839. The van der Waals surface area contributed by atoms with Crippen LogP contribution >= 0.6 is 0 Å². The molecular formula is C20H33NO. The lowest BCUT2D eigenvalue weighted by Gasteiger charge is -2.19. The number of likely N-dealkylation sites (tertiary alicyclic amines) is 1. The Morgan fingerprint density at radius 2 is 1.64 bits per heavy atom. The third-order valence-corrected chi connectivity index (χ3v) is 4.58. The van der Waals surface area contributed by atoms with Gasteiger partial charge in [-0.3, -0.25) is 0 Å². The fourth-order valence-electron chi connectivity index (χ4n) is 3.17. The smallest absolute Gasteiger partial charge is 0.119 e. The highest BCUT2D eigenvalue weighted by Gasteiger charge is 2.08. The molecule has 1 aromatic carbocycles. The summed E-state index contributed by atoms with van der Waals surface area (Å²) >= 11 is 0. The van der Waals surface area contributed by atoms with Crippen LogP contribution in [0.25, 0.3) is 0 Å². The molecule has 1 aliphatic heterocycles. The lowest BCUT2D eigenvalue weighted by molar-refractivity contribution is 0.240. The first kappa shape index (κ1) is 17.3. The van der Waals surface area contributed by atoms with Crippen LogP contribution in [0.3, 0.4) is 0 Å². The summed E-state index contributed by atoms with van der Waals surface area (Å²) in [5, 5.41) is 0. The van der Waals surface area contributed by atoms with Crippen molar-refractivity contribution in [3.8, 4) is 5.75 Å². The van der Waals surface area contributed by atoms with E-state index in [2.05, 4.69) is 36.1 Å². The van der Waals surface area contributed by atoms with Crippen LogP contribution in [-0.2, 0) is 6.42 Å². The van der Waals surface area contributed by atoms with E-state index in [0.717, 1.165) is 18.8 Å². The number of hydrogen-bond donors (Lipinski definition) is 0. The van der Waals surface area contributed by atoms with Gasteiger partial charge in [0.2, 0.25) is 0 Å². The standard InChI is InChI=1S/C20H33NO/c1-2-3-6-10-19-11-13-20(14-12-19)22-18-9-17-21-15-7-4-5-8-16-21/h11-14H,2-10,15-18H2,1H3. The number of benzene rings is 1. The summed E-state index contributed by atoms with van der Waals surface area (Å²) in [5.41, 5.74) is 1.44. The van der Waals surface area contributed by atoms with Crippen molar-refractivity contribution in [1.82, 2.24) is 4.90 Å². The zero-order valence-corrected chi connectivity index (χ0v) is 14.4. The van der Waals surface area contributed by atoms with Crippen LogP contribution in [0.15, 0.2) is 24.3 Å². The molecule has 2 rings (SSSR count). The molecule has 0 bridgehead atoms. The molecule has 0 radical (unpaired) electrons. The van der Waals surface area contributed by atoms with E-state index in [-0.39, 0.29) is 0 Å². The van der Waals surface area contributed by atoms with Gasteiger partial charge in [-0.15, -0.1) is 0 Å². The minimum absolute atomic E-state index is 0.839. The van der Waals surface area contributed by atoms with E-state index in [9.17, 15) is 0 Å². The first-order valence-electron chi connectivity index (χ1n) is 9.32. The van der Waals surface area contributed by atoms with E-state index in [0.29, 0.717) is 0 Å². The van der Waals surface area contributed by atoms with Crippen molar-refractivity contribution in [2.45, 2.75) is 64.7 Å². The Hall–Kier alpha value is -1.02. The van der Waals surface area contributed by atoms with Gasteiger partial charge in [-0.05, 0) is 62.9 Å². The maximum Gasteiger partial charge on any atom is 0.119 e. The van der Waals surface area contributed by atoms with Crippen LogP contribution in [-0.4, -0.2) is 31.1 Å². The van der Waals surface area contributed by atoms with E-state index < -0.39 is 0 Å². The molecule has 0 amide bonds. The molecule has 1 aromatic rings. The van der Waals surface area contributed by atoms with Crippen molar-refractivity contribution < 1.29 is 4.74 Å². The van der Waals surface area contributed by atoms with Gasteiger partial charge in [0.1, 0.15) is 5.75 Å². The van der Waals surface area contributed by atoms with Crippen molar-refractivity contribution in [2.24, 2.45) is 0 Å². The summed E-state index contributed by atoms with van der Waals surface area (Å²) in [6.07, 6.45) is 11.8. The van der Waals surface area contributed by atoms with Crippen LogP contribution in [0.4, 0.5) is 0 Å². The molecule has 1 fully saturated rings. The highest BCUT2D eigenvalue weighted by molar-refractivity contribution is 5.27. The lowest BCUT2D eigenvalue weighted by Crippen LogP contribution is -2.26. The largest absolute Gasteiger partial charge is 0.494 e. The Kier molecular flexibility index (Phi) is 8.40. The van der Waals surface area contributed by atoms with Crippen LogP contribution in [0.2, 0.25) is 0 Å². The summed E-state index contributed by atoms with van der Waals surface area (Å²) < 4.78 is 5.88. The SMILES string of the molecule is CCCCCc1ccc(OCCCN2CCCCCC2)cc1. The Bertz CT molecular complexity index is 379. The molecule has 22 heavy (non-hydrogen) atoms. The first-order valence-corrected chi connectivity index (χ1v) is 9.32. The molecule has 0 saturated carbocycles. The monoisotopic (exact) mass is 303 g/mol. The molecule has 0 unspecified atom stereocenters. The molecule has 0 aliphatic carbocycles. The highest BCUT2D eigenvalue weighted by atomic mass is 16.5. The van der Waals surface area contributed by atoms with E-state index in [1.54, 1.807) is 0 Å². The van der Waals surface area contributed by atoms with Gasteiger partial charge in [0.15, 0.2) is 0 Å². The second kappa shape index (κ2) is 10.7. The second-order valence-electron chi connectivity index (χ2n) is 6.56. The fraction of sp³-hybridized carbons (Fsp3) is 0.700. The van der Waals surface area contributed by atoms with Gasteiger partial charge < -0.3 is 9.64 Å². The normalized spacial score (nSPS) is 16.4. The summed E-state index contributed by atoms with van der Waals surface area (Å²) in [4.78, 5) is 2.60. The number of unbranched alkanes of at least 4 members (excludes halogenated alkanes) is 2. The Morgan fingerprint density at radius 3 is 2.32 bits per heavy atom. The maximum absolute atomic E-state index is 5.88. The Labute approximate surface area is 136 Å². The first-order chi connectivity index (χ1) is 10.9. The summed E-state index contributed by atoms with van der Waals surface area (Å²) in [6.45, 7) is 6.85. The minimum Gasteiger partial charge on any atom is -0.494 e. The molecule has 1 heterocycles. The number of ether oxygens (including phenoxy) is 1. The molecule has 0 atom stereocenters. The van der Waals surface area contributed by atoms with Gasteiger partial charge in [0.25, 0.3) is 0 Å². The van der Waals surface area contributed by atoms with Gasteiger partial charge in [0, 0.05) is 6.54 Å². The average Bonchev–Trinajstić information content (AvgIpc) is 2.82. The summed E-state index contributed by atoms with van der Waals surface area (Å²) in [6, 6.07) is 8.71. The molecule has 1 aliphatic rings. The van der Waals surface area contributed by atoms with E-state index in [1.807, 2.05) is 0 Å². The van der Waals surface area contributed by atoms with Crippen LogP contribution in [0.5, 0.6) is 5.75 Å². The quantitative estimate of drug-likeness (QED) is 0.591. The van der Waals surface area contributed by atoms with Crippen LogP contribution in [0, 0.1) is 0 Å². The summed E-state index contributed by atoms with van der Waals surface area (Å²) in [7, 11) is 0. The van der Waals surface area contributed by atoms with E-state index in [4.69, 9.17) is 4.74 Å². The van der Waals surface area contributed by atoms with E-state index >= 15 is 0 Å². The zero-order chi connectivity index (χ0) is 15.5. The number of nitrogens with zero attached hydrogens (tertiary/aromatic N) is 1. The molecule has 2 heteroatoms. The Morgan fingerprint density at radius 1 is 0.909 bits per heavy atom. The highest BCUT2D eigenvalue weighted by Crippen LogP contribution is 2.15. The topological polar surface area (TPSA) is 12.5 Å². The molecule has 1 saturated heterocycles. The zero-order valence-electron chi connectivity index (χ0n) is 14.4. The molecule has 0 aromatic heterocycles. The third kappa shape index (κ3) is 6.83. The third-order valence-electron chi connectivity index (χ3n) is 4.58. The maximum atomic E-state index is 5.88. The van der Waals surface area contributed by atoms with Crippen LogP contribution in [0.1, 0.15) is 63.9 Å². The van der Waals surface area contributed by atoms with Gasteiger partial charge in [0.05, 0.1) is 6.61 Å². The fourth-order valence-corrected chi connectivity index (χ4v) is 3.17. The molecule has 124 valence electrons. The lowest BCUT2D eigenvalue weighted by atomic mass is 10.1. The van der Waals surface area contributed by atoms with Crippen molar-refractivity contribution in [3.63, 3.8) is 0 Å². The van der Waals surface area contributed by atoms with Gasteiger partial charge in [-0.1, -0.05) is 44.7 Å². The van der Waals surface area contributed by atoms with Gasteiger partial charge in [-0.2, -0.15) is 0 Å². The number of hydrogen-bond acceptors (Lipinski definition) is 2. The van der Waals surface area contributed by atoms with Crippen molar-refractivity contribution >= 4 is 0 Å². The summed E-state index contributed by atoms with van der Waals surface area (Å²) in [5.74, 6) is 1.02. The predicted octanol–water partition coefficient (Wildman–Crippen LogP) is 5.06. The molecule has 0 N–H and O–H groups in total. The number of aryl methyl sites for hydroxylation is 1.